The van der Waals surface area contributed by atoms with Gasteiger partial charge in [0.2, 0.25) is 11.9 Å². The van der Waals surface area contributed by atoms with E-state index in [1.165, 1.54) is 5.56 Å². The monoisotopic (exact) mass is 307 g/mol. The molecule has 0 aliphatic carbocycles. The molecule has 0 fully saturated rings. The van der Waals surface area contributed by atoms with Gasteiger partial charge >= 0.3 is 0 Å². The van der Waals surface area contributed by atoms with Crippen LogP contribution < -0.4 is 11.1 Å². The molecule has 6 heteroatoms. The zero-order valence-corrected chi connectivity index (χ0v) is 11.8. The number of nitrogens with zero attached hydrogens (tertiary/aromatic N) is 3. The molecule has 0 bridgehead atoms. The Kier molecular flexibility index (Phi) is 3.76. The van der Waals surface area contributed by atoms with Crippen molar-refractivity contribution in [2.45, 2.75) is 18.7 Å². The summed E-state index contributed by atoms with van der Waals surface area (Å²) in [6.45, 7) is 3.97. The summed E-state index contributed by atoms with van der Waals surface area (Å²) in [5, 5.41) is 3.10. The molecular formula is C12H14BrN5. The number of nitrogens with two attached hydrogens (primary N) is 1. The van der Waals surface area contributed by atoms with Crippen molar-refractivity contribution in [3.05, 3.63) is 35.7 Å². The molecule has 0 spiro atoms. The number of benzene rings is 1. The van der Waals surface area contributed by atoms with Crippen molar-refractivity contribution in [3.63, 3.8) is 0 Å². The molecule has 5 nitrogen and oxygen atoms in total. The van der Waals surface area contributed by atoms with Crippen LogP contribution in [-0.4, -0.2) is 15.0 Å². The van der Waals surface area contributed by atoms with Crippen LogP contribution >= 0.6 is 15.9 Å². The fourth-order valence-corrected chi connectivity index (χ4v) is 1.61. The number of aromatic nitrogens is 3. The second-order valence-electron chi connectivity index (χ2n) is 3.98. The van der Waals surface area contributed by atoms with Gasteiger partial charge in [-0.1, -0.05) is 33.6 Å². The van der Waals surface area contributed by atoms with E-state index in [-0.39, 0.29) is 10.8 Å². The first-order valence-electron chi connectivity index (χ1n) is 5.54. The Hall–Kier alpha value is -1.69. The van der Waals surface area contributed by atoms with Gasteiger partial charge in [-0.2, -0.15) is 15.0 Å². The Morgan fingerprint density at radius 1 is 1.17 bits per heavy atom. The quantitative estimate of drug-likeness (QED) is 0.853. The van der Waals surface area contributed by atoms with Crippen LogP contribution in [0.15, 0.2) is 24.3 Å². The molecule has 1 heterocycles. The molecule has 0 saturated carbocycles. The fourth-order valence-electron chi connectivity index (χ4n) is 1.41. The standard InChI is InChI=1S/C12H14BrN5/c1-7-3-5-9(6-4-7)15-12-17-10(8(2)13)16-11(14)18-12/h3-6,8H,1-2H3,(H3,14,15,16,17,18). The Balaban J connectivity index is 2.26. The first kappa shape index (κ1) is 12.8. The average Bonchev–Trinajstić information content (AvgIpc) is 2.31. The van der Waals surface area contributed by atoms with Gasteiger partial charge < -0.3 is 11.1 Å². The Bertz CT molecular complexity index is 539. The maximum absolute atomic E-state index is 5.65. The molecule has 0 saturated heterocycles. The number of hydrogen-bond donors (Lipinski definition) is 2. The predicted octanol–water partition coefficient (Wildman–Crippen LogP) is 2.96. The van der Waals surface area contributed by atoms with Gasteiger partial charge in [0.05, 0.1) is 4.83 Å². The summed E-state index contributed by atoms with van der Waals surface area (Å²) in [7, 11) is 0. The third kappa shape index (κ3) is 3.16. The highest BCUT2D eigenvalue weighted by atomic mass is 79.9. The van der Waals surface area contributed by atoms with Gasteiger partial charge in [-0.25, -0.2) is 0 Å². The highest BCUT2D eigenvalue weighted by Gasteiger charge is 2.09. The lowest BCUT2D eigenvalue weighted by Gasteiger charge is -2.08. The van der Waals surface area contributed by atoms with Crippen molar-refractivity contribution in [2.75, 3.05) is 11.1 Å². The van der Waals surface area contributed by atoms with Gasteiger partial charge in [-0.05, 0) is 26.0 Å². The van der Waals surface area contributed by atoms with Crippen LogP contribution in [0.25, 0.3) is 0 Å². The van der Waals surface area contributed by atoms with Crippen molar-refractivity contribution in [3.8, 4) is 0 Å². The molecule has 18 heavy (non-hydrogen) atoms. The SMILES string of the molecule is Cc1ccc(Nc2nc(N)nc(C(C)Br)n2)cc1. The van der Waals surface area contributed by atoms with Crippen LogP contribution in [-0.2, 0) is 0 Å². The molecule has 1 aromatic carbocycles. The van der Waals surface area contributed by atoms with Gasteiger partial charge in [-0.3, -0.25) is 0 Å². The number of nitrogen functional groups attached to an aromatic ring is 1. The van der Waals surface area contributed by atoms with Crippen LogP contribution in [0.2, 0.25) is 0 Å². The first-order valence-corrected chi connectivity index (χ1v) is 6.45. The van der Waals surface area contributed by atoms with Crippen molar-refractivity contribution in [1.29, 1.82) is 0 Å². The van der Waals surface area contributed by atoms with Crippen LogP contribution in [0.5, 0.6) is 0 Å². The number of halogens is 1. The zero-order chi connectivity index (χ0) is 13.1. The second kappa shape index (κ2) is 5.30. The lowest BCUT2D eigenvalue weighted by Crippen LogP contribution is -2.07. The fraction of sp³-hybridized carbons (Fsp3) is 0.250. The molecule has 1 atom stereocenters. The minimum absolute atomic E-state index is 0.0290. The molecule has 3 N–H and O–H groups in total. The van der Waals surface area contributed by atoms with E-state index in [1.807, 2.05) is 38.1 Å². The van der Waals surface area contributed by atoms with E-state index in [0.29, 0.717) is 11.8 Å². The number of anilines is 3. The van der Waals surface area contributed by atoms with E-state index in [0.717, 1.165) is 5.69 Å². The summed E-state index contributed by atoms with van der Waals surface area (Å²) in [4.78, 5) is 12.4. The summed E-state index contributed by atoms with van der Waals surface area (Å²) in [5.41, 5.74) is 7.77. The second-order valence-corrected chi connectivity index (χ2v) is 5.36. The van der Waals surface area contributed by atoms with Gasteiger partial charge in [0, 0.05) is 5.69 Å². The molecular weight excluding hydrogens is 294 g/mol. The number of nitrogens with one attached hydrogen (secondary N) is 1. The summed E-state index contributed by atoms with van der Waals surface area (Å²) < 4.78 is 0. The van der Waals surface area contributed by atoms with E-state index in [9.17, 15) is 0 Å². The Labute approximate surface area is 114 Å². The Morgan fingerprint density at radius 2 is 1.83 bits per heavy atom. The molecule has 0 aliphatic rings. The van der Waals surface area contributed by atoms with Crippen molar-refractivity contribution in [2.24, 2.45) is 0 Å². The van der Waals surface area contributed by atoms with Crippen LogP contribution in [0.4, 0.5) is 17.6 Å². The third-order valence-electron chi connectivity index (χ3n) is 2.33. The normalized spacial score (nSPS) is 12.2. The summed E-state index contributed by atoms with van der Waals surface area (Å²) >= 11 is 3.41. The van der Waals surface area contributed by atoms with E-state index < -0.39 is 0 Å². The van der Waals surface area contributed by atoms with Crippen LogP contribution in [0.1, 0.15) is 23.1 Å². The lowest BCUT2D eigenvalue weighted by atomic mass is 10.2. The van der Waals surface area contributed by atoms with Crippen LogP contribution in [0.3, 0.4) is 0 Å². The van der Waals surface area contributed by atoms with Crippen molar-refractivity contribution in [1.82, 2.24) is 15.0 Å². The average molecular weight is 308 g/mol. The topological polar surface area (TPSA) is 76.7 Å². The Morgan fingerprint density at radius 3 is 2.44 bits per heavy atom. The molecule has 0 radical (unpaired) electrons. The van der Waals surface area contributed by atoms with Crippen molar-refractivity contribution >= 4 is 33.5 Å². The van der Waals surface area contributed by atoms with Gasteiger partial charge in [-0.15, -0.1) is 0 Å². The van der Waals surface area contributed by atoms with Gasteiger partial charge in [0.25, 0.3) is 0 Å². The van der Waals surface area contributed by atoms with E-state index >= 15 is 0 Å². The van der Waals surface area contributed by atoms with Crippen molar-refractivity contribution < 1.29 is 0 Å². The molecule has 2 aromatic rings. The first-order chi connectivity index (χ1) is 8.54. The van der Waals surface area contributed by atoms with E-state index in [4.69, 9.17) is 5.73 Å². The summed E-state index contributed by atoms with van der Waals surface area (Å²) in [6, 6.07) is 7.96. The molecule has 2 rings (SSSR count). The molecule has 1 unspecified atom stereocenters. The number of hydrogen-bond acceptors (Lipinski definition) is 5. The molecule has 94 valence electrons. The van der Waals surface area contributed by atoms with Gasteiger partial charge in [0.1, 0.15) is 5.82 Å². The lowest BCUT2D eigenvalue weighted by molar-refractivity contribution is 0.906. The summed E-state index contributed by atoms with van der Waals surface area (Å²) in [5.74, 6) is 1.27. The summed E-state index contributed by atoms with van der Waals surface area (Å²) in [6.07, 6.45) is 0. The molecule has 1 aromatic heterocycles. The number of aryl methyl sites for hydroxylation is 1. The van der Waals surface area contributed by atoms with Crippen LogP contribution in [0, 0.1) is 6.92 Å². The van der Waals surface area contributed by atoms with Gasteiger partial charge in [0.15, 0.2) is 0 Å². The maximum Gasteiger partial charge on any atom is 0.232 e. The minimum Gasteiger partial charge on any atom is -0.368 e. The smallest absolute Gasteiger partial charge is 0.232 e. The van der Waals surface area contributed by atoms with E-state index in [2.05, 4.69) is 36.2 Å². The highest BCUT2D eigenvalue weighted by Crippen LogP contribution is 2.20. The predicted molar refractivity (Wildman–Crippen MR) is 76.0 cm³/mol. The third-order valence-corrected chi connectivity index (χ3v) is 2.74. The van der Waals surface area contributed by atoms with E-state index in [1.54, 1.807) is 0 Å². The maximum atomic E-state index is 5.65. The number of rotatable bonds is 3. The highest BCUT2D eigenvalue weighted by molar-refractivity contribution is 9.09. The molecule has 0 aliphatic heterocycles. The number of alkyl halides is 1. The zero-order valence-electron chi connectivity index (χ0n) is 10.2. The largest absolute Gasteiger partial charge is 0.368 e. The molecule has 0 amide bonds. The minimum atomic E-state index is 0.0290.